The lowest BCUT2D eigenvalue weighted by Gasteiger charge is -2.34. The van der Waals surface area contributed by atoms with Crippen molar-refractivity contribution in [1.82, 2.24) is 5.32 Å². The summed E-state index contributed by atoms with van der Waals surface area (Å²) in [5.74, 6) is 0.967. The van der Waals surface area contributed by atoms with Crippen molar-refractivity contribution in [3.63, 3.8) is 0 Å². The van der Waals surface area contributed by atoms with Crippen LogP contribution in [0.15, 0.2) is 12.2 Å². The van der Waals surface area contributed by atoms with Crippen LogP contribution in [-0.4, -0.2) is 18.7 Å². The van der Waals surface area contributed by atoms with Gasteiger partial charge in [0, 0.05) is 12.5 Å². The van der Waals surface area contributed by atoms with Gasteiger partial charge in [0.1, 0.15) is 6.10 Å². The van der Waals surface area contributed by atoms with Crippen molar-refractivity contribution in [2.24, 2.45) is 11.8 Å². The van der Waals surface area contributed by atoms with Crippen LogP contribution in [0.1, 0.15) is 40.0 Å². The molecule has 0 bridgehead atoms. The lowest BCUT2D eigenvalue weighted by atomic mass is 9.78. The van der Waals surface area contributed by atoms with Gasteiger partial charge in [0.2, 0.25) is 0 Å². The zero-order chi connectivity index (χ0) is 12.1. The third-order valence-electron chi connectivity index (χ3n) is 3.27. The summed E-state index contributed by atoms with van der Waals surface area (Å²) in [6.07, 6.45) is 2.95. The van der Waals surface area contributed by atoms with Crippen molar-refractivity contribution < 1.29 is 9.53 Å². The molecule has 16 heavy (non-hydrogen) atoms. The Morgan fingerprint density at radius 2 is 2.19 bits per heavy atom. The second-order valence-electron chi connectivity index (χ2n) is 4.85. The summed E-state index contributed by atoms with van der Waals surface area (Å²) < 4.78 is 5.47. The zero-order valence-electron chi connectivity index (χ0n) is 10.6. The molecule has 3 unspecified atom stereocenters. The monoisotopic (exact) mass is 225 g/mol. The van der Waals surface area contributed by atoms with Crippen molar-refractivity contribution in [2.45, 2.75) is 46.1 Å². The maximum absolute atomic E-state index is 11.4. The van der Waals surface area contributed by atoms with Gasteiger partial charge in [-0.25, -0.2) is 4.79 Å². The highest BCUT2D eigenvalue weighted by Crippen LogP contribution is 2.34. The van der Waals surface area contributed by atoms with Gasteiger partial charge in [0.15, 0.2) is 0 Å². The molecule has 3 nitrogen and oxygen atoms in total. The molecule has 1 saturated carbocycles. The summed E-state index contributed by atoms with van der Waals surface area (Å²) in [6, 6.07) is 0. The second-order valence-corrected chi connectivity index (χ2v) is 4.85. The van der Waals surface area contributed by atoms with E-state index in [-0.39, 0.29) is 12.2 Å². The maximum atomic E-state index is 11.4. The summed E-state index contributed by atoms with van der Waals surface area (Å²) >= 11 is 0. The van der Waals surface area contributed by atoms with Crippen molar-refractivity contribution in [2.75, 3.05) is 6.54 Å². The molecule has 1 N–H and O–H groups in total. The number of alkyl carbamates (subject to hydrolysis) is 1. The highest BCUT2D eigenvalue weighted by atomic mass is 16.6. The Balaban J connectivity index is 2.57. The average Bonchev–Trinajstić information content (AvgIpc) is 2.17. The molecule has 3 atom stereocenters. The lowest BCUT2D eigenvalue weighted by Crippen LogP contribution is -2.37. The Kier molecular flexibility index (Phi) is 4.84. The molecule has 1 aliphatic rings. The predicted octanol–water partition coefficient (Wildman–Crippen LogP) is 3.11. The SMILES string of the molecule is C=C(C)C1CCC(C)CC1OC(=O)NCC. The molecule has 92 valence electrons. The summed E-state index contributed by atoms with van der Waals surface area (Å²) in [4.78, 5) is 11.4. The largest absolute Gasteiger partial charge is 0.446 e. The molecule has 0 aromatic heterocycles. The molecule has 1 rings (SSSR count). The first-order chi connectivity index (χ1) is 7.54. The molecule has 0 aromatic rings. The lowest BCUT2D eigenvalue weighted by molar-refractivity contribution is 0.0352. The van der Waals surface area contributed by atoms with Gasteiger partial charge in [-0.2, -0.15) is 0 Å². The Hall–Kier alpha value is -0.990. The predicted molar refractivity (Wildman–Crippen MR) is 65.3 cm³/mol. The number of carbonyl (C=O) groups is 1. The Bertz CT molecular complexity index is 263. The molecule has 3 heteroatoms. The van der Waals surface area contributed by atoms with Crippen LogP contribution in [0.3, 0.4) is 0 Å². The quantitative estimate of drug-likeness (QED) is 0.749. The van der Waals surface area contributed by atoms with Crippen molar-refractivity contribution in [3.05, 3.63) is 12.2 Å². The standard InChI is InChI=1S/C13H23NO2/c1-5-14-13(15)16-12-8-10(4)6-7-11(12)9(2)3/h10-12H,2,5-8H2,1,3-4H3,(H,14,15). The normalized spacial score (nSPS) is 29.6. The van der Waals surface area contributed by atoms with Crippen LogP contribution in [-0.2, 0) is 4.74 Å². The van der Waals surface area contributed by atoms with Gasteiger partial charge >= 0.3 is 6.09 Å². The highest BCUT2D eigenvalue weighted by Gasteiger charge is 2.31. The minimum absolute atomic E-state index is 0.00722. The van der Waals surface area contributed by atoms with E-state index >= 15 is 0 Å². The molecule has 0 spiro atoms. The third-order valence-corrected chi connectivity index (χ3v) is 3.27. The zero-order valence-corrected chi connectivity index (χ0v) is 10.6. The molecule has 0 saturated heterocycles. The van der Waals surface area contributed by atoms with Gasteiger partial charge in [-0.3, -0.25) is 0 Å². The van der Waals surface area contributed by atoms with E-state index in [0.29, 0.717) is 18.4 Å². The van der Waals surface area contributed by atoms with Crippen LogP contribution < -0.4 is 5.32 Å². The fourth-order valence-electron chi connectivity index (χ4n) is 2.35. The van der Waals surface area contributed by atoms with Gasteiger partial charge in [-0.1, -0.05) is 19.1 Å². The van der Waals surface area contributed by atoms with E-state index in [1.807, 2.05) is 13.8 Å². The van der Waals surface area contributed by atoms with E-state index in [2.05, 4.69) is 18.8 Å². The van der Waals surface area contributed by atoms with E-state index in [0.717, 1.165) is 18.4 Å². The van der Waals surface area contributed by atoms with Gasteiger partial charge in [-0.15, -0.1) is 0 Å². The van der Waals surface area contributed by atoms with E-state index < -0.39 is 0 Å². The number of rotatable bonds is 3. The molecule has 1 amide bonds. The van der Waals surface area contributed by atoms with Crippen LogP contribution in [0.5, 0.6) is 0 Å². The number of hydrogen-bond donors (Lipinski definition) is 1. The number of amides is 1. The van der Waals surface area contributed by atoms with Gasteiger partial charge in [0.05, 0.1) is 0 Å². The minimum atomic E-state index is -0.298. The van der Waals surface area contributed by atoms with Crippen molar-refractivity contribution in [3.8, 4) is 0 Å². The topological polar surface area (TPSA) is 38.3 Å². The smallest absolute Gasteiger partial charge is 0.407 e. The first-order valence-corrected chi connectivity index (χ1v) is 6.14. The summed E-state index contributed by atoms with van der Waals surface area (Å²) in [5.41, 5.74) is 1.13. The summed E-state index contributed by atoms with van der Waals surface area (Å²) in [7, 11) is 0. The molecule has 1 fully saturated rings. The third kappa shape index (κ3) is 3.54. The first kappa shape index (κ1) is 13.1. The molecule has 0 aromatic carbocycles. The Labute approximate surface area is 98.2 Å². The number of ether oxygens (including phenoxy) is 1. The van der Waals surface area contributed by atoms with Crippen LogP contribution in [0.2, 0.25) is 0 Å². The van der Waals surface area contributed by atoms with Gasteiger partial charge < -0.3 is 10.1 Å². The fraction of sp³-hybridized carbons (Fsp3) is 0.769. The van der Waals surface area contributed by atoms with E-state index in [1.165, 1.54) is 6.42 Å². The van der Waals surface area contributed by atoms with Crippen LogP contribution in [0.4, 0.5) is 4.79 Å². The number of carbonyl (C=O) groups excluding carboxylic acids is 1. The number of hydrogen-bond acceptors (Lipinski definition) is 2. The van der Waals surface area contributed by atoms with Crippen molar-refractivity contribution >= 4 is 6.09 Å². The molecular weight excluding hydrogens is 202 g/mol. The van der Waals surface area contributed by atoms with Crippen molar-refractivity contribution in [1.29, 1.82) is 0 Å². The van der Waals surface area contributed by atoms with Gasteiger partial charge in [-0.05, 0) is 39.0 Å². The van der Waals surface area contributed by atoms with E-state index in [9.17, 15) is 4.79 Å². The maximum Gasteiger partial charge on any atom is 0.407 e. The van der Waals surface area contributed by atoms with E-state index in [4.69, 9.17) is 4.74 Å². The number of nitrogens with one attached hydrogen (secondary N) is 1. The Morgan fingerprint density at radius 1 is 1.50 bits per heavy atom. The molecule has 0 aliphatic heterocycles. The van der Waals surface area contributed by atoms with Gasteiger partial charge in [0.25, 0.3) is 0 Å². The van der Waals surface area contributed by atoms with E-state index in [1.54, 1.807) is 0 Å². The fourth-order valence-corrected chi connectivity index (χ4v) is 2.35. The first-order valence-electron chi connectivity index (χ1n) is 6.14. The second kappa shape index (κ2) is 5.92. The summed E-state index contributed by atoms with van der Waals surface area (Å²) in [6.45, 7) is 10.7. The van der Waals surface area contributed by atoms with Crippen LogP contribution >= 0.6 is 0 Å². The Morgan fingerprint density at radius 3 is 2.75 bits per heavy atom. The highest BCUT2D eigenvalue weighted by molar-refractivity contribution is 5.67. The minimum Gasteiger partial charge on any atom is -0.446 e. The van der Waals surface area contributed by atoms with Crippen LogP contribution in [0, 0.1) is 11.8 Å². The molecule has 1 aliphatic carbocycles. The van der Waals surface area contributed by atoms with Crippen LogP contribution in [0.25, 0.3) is 0 Å². The average molecular weight is 225 g/mol. The molecule has 0 heterocycles. The molecular formula is C13H23NO2. The summed E-state index contributed by atoms with van der Waals surface area (Å²) in [5, 5.41) is 2.68. The molecule has 0 radical (unpaired) electrons.